The largest absolute Gasteiger partial charge is 0.379 e. The molecule has 1 aromatic rings. The van der Waals surface area contributed by atoms with Crippen LogP contribution < -0.4 is 16.0 Å². The van der Waals surface area contributed by atoms with Crippen molar-refractivity contribution in [1.82, 2.24) is 20.9 Å². The SMILES string of the molecule is CN=C(NCCC(=O)NC(C)C)NCC(c1cccs1)N1CCOCC1. The Balaban J connectivity index is 1.82. The molecule has 146 valence electrons. The molecule has 7 nitrogen and oxygen atoms in total. The Morgan fingerprint density at radius 3 is 2.73 bits per heavy atom. The Morgan fingerprint density at radius 2 is 2.12 bits per heavy atom. The molecule has 1 aromatic heterocycles. The number of rotatable bonds is 8. The van der Waals surface area contributed by atoms with Gasteiger partial charge in [0.05, 0.1) is 19.3 Å². The van der Waals surface area contributed by atoms with Gasteiger partial charge in [-0.05, 0) is 25.3 Å². The minimum Gasteiger partial charge on any atom is -0.379 e. The zero-order valence-corrected chi connectivity index (χ0v) is 16.8. The lowest BCUT2D eigenvalue weighted by molar-refractivity contribution is -0.121. The fourth-order valence-electron chi connectivity index (χ4n) is 2.88. The average molecular weight is 382 g/mol. The highest BCUT2D eigenvalue weighted by molar-refractivity contribution is 7.10. The summed E-state index contributed by atoms with van der Waals surface area (Å²) in [6, 6.07) is 4.73. The average Bonchev–Trinajstić information content (AvgIpc) is 3.15. The molecule has 1 amide bonds. The van der Waals surface area contributed by atoms with Crippen LogP contribution in [0.2, 0.25) is 0 Å². The van der Waals surface area contributed by atoms with Gasteiger partial charge in [-0.15, -0.1) is 11.3 Å². The van der Waals surface area contributed by atoms with Gasteiger partial charge in [0.15, 0.2) is 5.96 Å². The maximum atomic E-state index is 11.7. The standard InChI is InChI=1S/C18H31N5O2S/c1-14(2)22-17(24)6-7-20-18(19-3)21-13-15(16-5-4-12-26-16)23-8-10-25-11-9-23/h4-5,12,14-15H,6-11,13H2,1-3H3,(H,22,24)(H2,19,20,21). The summed E-state index contributed by atoms with van der Waals surface area (Å²) in [6.07, 6.45) is 0.427. The lowest BCUT2D eigenvalue weighted by Crippen LogP contribution is -2.46. The number of nitrogens with one attached hydrogen (secondary N) is 3. The van der Waals surface area contributed by atoms with Crippen molar-refractivity contribution in [1.29, 1.82) is 0 Å². The van der Waals surface area contributed by atoms with Crippen molar-refractivity contribution in [3.8, 4) is 0 Å². The first-order valence-electron chi connectivity index (χ1n) is 9.19. The molecule has 1 atom stereocenters. The van der Waals surface area contributed by atoms with E-state index in [1.165, 1.54) is 4.88 Å². The maximum Gasteiger partial charge on any atom is 0.221 e. The number of carbonyl (C=O) groups is 1. The topological polar surface area (TPSA) is 78.0 Å². The third-order valence-electron chi connectivity index (χ3n) is 4.14. The summed E-state index contributed by atoms with van der Waals surface area (Å²) < 4.78 is 5.48. The normalized spacial score (nSPS) is 17.2. The summed E-state index contributed by atoms with van der Waals surface area (Å²) >= 11 is 1.78. The number of aliphatic imine (C=N–C) groups is 1. The fourth-order valence-corrected chi connectivity index (χ4v) is 3.74. The van der Waals surface area contributed by atoms with E-state index in [2.05, 4.69) is 43.4 Å². The number of thiophene rings is 1. The predicted molar refractivity (Wildman–Crippen MR) is 107 cm³/mol. The van der Waals surface area contributed by atoms with Crippen LogP contribution in [0.5, 0.6) is 0 Å². The van der Waals surface area contributed by atoms with Crippen LogP contribution in [0.1, 0.15) is 31.2 Å². The van der Waals surface area contributed by atoms with Crippen molar-refractivity contribution in [2.24, 2.45) is 4.99 Å². The first-order valence-corrected chi connectivity index (χ1v) is 10.1. The highest BCUT2D eigenvalue weighted by Crippen LogP contribution is 2.25. The molecule has 26 heavy (non-hydrogen) atoms. The van der Waals surface area contributed by atoms with Crippen molar-refractivity contribution >= 4 is 23.2 Å². The number of amides is 1. The number of guanidine groups is 1. The highest BCUT2D eigenvalue weighted by atomic mass is 32.1. The Hall–Kier alpha value is -1.64. The van der Waals surface area contributed by atoms with Gasteiger partial charge in [-0.25, -0.2) is 0 Å². The number of nitrogens with zero attached hydrogens (tertiary/aromatic N) is 2. The molecule has 2 rings (SSSR count). The summed E-state index contributed by atoms with van der Waals surface area (Å²) in [7, 11) is 1.75. The molecule has 1 fully saturated rings. The van der Waals surface area contributed by atoms with Crippen molar-refractivity contribution in [2.75, 3.05) is 46.4 Å². The second-order valence-electron chi connectivity index (χ2n) is 6.53. The van der Waals surface area contributed by atoms with Crippen LogP contribution in [0, 0.1) is 0 Å². The van der Waals surface area contributed by atoms with E-state index in [1.54, 1.807) is 18.4 Å². The van der Waals surface area contributed by atoms with E-state index in [0.29, 0.717) is 19.0 Å². The Kier molecular flexibility index (Phi) is 8.87. The predicted octanol–water partition coefficient (Wildman–Crippen LogP) is 1.20. The fraction of sp³-hybridized carbons (Fsp3) is 0.667. The molecular weight excluding hydrogens is 350 g/mol. The molecule has 1 aliphatic heterocycles. The Labute approximate surface area is 160 Å². The molecule has 0 aliphatic carbocycles. The van der Waals surface area contributed by atoms with Crippen LogP contribution in [-0.4, -0.2) is 69.2 Å². The number of hydrogen-bond donors (Lipinski definition) is 3. The van der Waals surface area contributed by atoms with E-state index in [9.17, 15) is 4.79 Å². The van der Waals surface area contributed by atoms with Gasteiger partial charge < -0.3 is 20.7 Å². The van der Waals surface area contributed by atoms with Gasteiger partial charge in [-0.2, -0.15) is 0 Å². The van der Waals surface area contributed by atoms with Crippen LogP contribution in [0.15, 0.2) is 22.5 Å². The highest BCUT2D eigenvalue weighted by Gasteiger charge is 2.23. The lowest BCUT2D eigenvalue weighted by Gasteiger charge is -2.34. The first-order chi connectivity index (χ1) is 12.6. The van der Waals surface area contributed by atoms with E-state index in [4.69, 9.17) is 4.74 Å². The molecule has 0 radical (unpaired) electrons. The lowest BCUT2D eigenvalue weighted by atomic mass is 10.2. The number of carbonyl (C=O) groups excluding carboxylic acids is 1. The summed E-state index contributed by atoms with van der Waals surface area (Å²) in [5.74, 6) is 0.768. The molecule has 0 bridgehead atoms. The monoisotopic (exact) mass is 381 g/mol. The quantitative estimate of drug-likeness (QED) is 0.466. The van der Waals surface area contributed by atoms with Gasteiger partial charge in [0.25, 0.3) is 0 Å². The zero-order chi connectivity index (χ0) is 18.8. The van der Waals surface area contributed by atoms with Gasteiger partial charge in [-0.1, -0.05) is 6.07 Å². The van der Waals surface area contributed by atoms with Crippen LogP contribution in [0.4, 0.5) is 0 Å². The molecule has 3 N–H and O–H groups in total. The van der Waals surface area contributed by atoms with Crippen LogP contribution in [0.3, 0.4) is 0 Å². The summed E-state index contributed by atoms with van der Waals surface area (Å²) in [4.78, 5) is 19.8. The molecular formula is C18H31N5O2S. The van der Waals surface area contributed by atoms with Crippen molar-refractivity contribution in [3.05, 3.63) is 22.4 Å². The third-order valence-corrected chi connectivity index (χ3v) is 5.11. The van der Waals surface area contributed by atoms with Crippen LogP contribution >= 0.6 is 11.3 Å². The number of hydrogen-bond acceptors (Lipinski definition) is 5. The van der Waals surface area contributed by atoms with Gasteiger partial charge >= 0.3 is 0 Å². The molecule has 2 heterocycles. The van der Waals surface area contributed by atoms with E-state index in [1.807, 2.05) is 13.8 Å². The molecule has 1 aliphatic rings. The summed E-state index contributed by atoms with van der Waals surface area (Å²) in [5.41, 5.74) is 0. The maximum absolute atomic E-state index is 11.7. The second kappa shape index (κ2) is 11.2. The van der Waals surface area contributed by atoms with E-state index >= 15 is 0 Å². The van der Waals surface area contributed by atoms with Crippen molar-refractivity contribution < 1.29 is 9.53 Å². The number of morpholine rings is 1. The first kappa shape index (κ1) is 20.7. The summed E-state index contributed by atoms with van der Waals surface area (Å²) in [5, 5.41) is 11.6. The van der Waals surface area contributed by atoms with Gasteiger partial charge in [0.1, 0.15) is 0 Å². The minimum absolute atomic E-state index is 0.0488. The zero-order valence-electron chi connectivity index (χ0n) is 16.0. The smallest absolute Gasteiger partial charge is 0.221 e. The molecule has 0 spiro atoms. The molecule has 0 saturated carbocycles. The number of ether oxygens (including phenoxy) is 1. The van der Waals surface area contributed by atoms with Crippen LogP contribution in [0.25, 0.3) is 0 Å². The Morgan fingerprint density at radius 1 is 1.35 bits per heavy atom. The van der Waals surface area contributed by atoms with Gasteiger partial charge in [0.2, 0.25) is 5.91 Å². The Bertz CT molecular complexity index is 556. The van der Waals surface area contributed by atoms with E-state index < -0.39 is 0 Å². The summed E-state index contributed by atoms with van der Waals surface area (Å²) in [6.45, 7) is 8.67. The molecule has 1 saturated heterocycles. The van der Waals surface area contributed by atoms with Gasteiger partial charge in [0, 0.05) is 50.6 Å². The van der Waals surface area contributed by atoms with E-state index in [0.717, 1.165) is 38.8 Å². The molecule has 8 heteroatoms. The van der Waals surface area contributed by atoms with Crippen molar-refractivity contribution in [2.45, 2.75) is 32.4 Å². The molecule has 1 unspecified atom stereocenters. The molecule has 0 aromatic carbocycles. The van der Waals surface area contributed by atoms with Crippen LogP contribution in [-0.2, 0) is 9.53 Å². The van der Waals surface area contributed by atoms with Crippen molar-refractivity contribution in [3.63, 3.8) is 0 Å². The van der Waals surface area contributed by atoms with E-state index in [-0.39, 0.29) is 11.9 Å². The third kappa shape index (κ3) is 6.93. The minimum atomic E-state index is 0.0488. The second-order valence-corrected chi connectivity index (χ2v) is 7.51. The van der Waals surface area contributed by atoms with Gasteiger partial charge in [-0.3, -0.25) is 14.7 Å².